The molecular formula is C19H18N2O4. The van der Waals surface area contributed by atoms with Crippen LogP contribution in [0.15, 0.2) is 71.7 Å². The van der Waals surface area contributed by atoms with Gasteiger partial charge in [-0.3, -0.25) is 4.57 Å². The van der Waals surface area contributed by atoms with Crippen LogP contribution in [0.3, 0.4) is 0 Å². The van der Waals surface area contributed by atoms with Crippen molar-refractivity contribution in [1.29, 1.82) is 0 Å². The Labute approximate surface area is 145 Å². The van der Waals surface area contributed by atoms with Crippen LogP contribution in [-0.4, -0.2) is 21.2 Å². The molecule has 2 aromatic carbocycles. The van der Waals surface area contributed by atoms with E-state index < -0.39 is 0 Å². The molecule has 0 aliphatic heterocycles. The van der Waals surface area contributed by atoms with Gasteiger partial charge in [-0.25, -0.2) is 4.99 Å². The molecule has 0 fully saturated rings. The second kappa shape index (κ2) is 8.03. The Morgan fingerprint density at radius 3 is 2.24 bits per heavy atom. The third kappa shape index (κ3) is 4.39. The zero-order chi connectivity index (χ0) is 17.5. The fraction of sp³-hybridized carbons (Fsp3) is 0.105. The van der Waals surface area contributed by atoms with E-state index in [0.717, 1.165) is 17.5 Å². The number of aromatic nitrogens is 1. The molecule has 0 saturated carbocycles. The highest BCUT2D eigenvalue weighted by Crippen LogP contribution is 2.34. The summed E-state index contributed by atoms with van der Waals surface area (Å²) < 4.78 is 1.35. The molecule has 0 unspecified atom stereocenters. The third-order valence-electron chi connectivity index (χ3n) is 3.58. The molecule has 0 aliphatic rings. The van der Waals surface area contributed by atoms with Gasteiger partial charge in [0.15, 0.2) is 5.88 Å². The Bertz CT molecular complexity index is 829. The number of rotatable bonds is 7. The minimum Gasteiger partial charge on any atom is -0.494 e. The van der Waals surface area contributed by atoms with Gasteiger partial charge in [-0.2, -0.15) is 4.89 Å². The topological polar surface area (TPSA) is 76.2 Å². The zero-order valence-electron chi connectivity index (χ0n) is 13.4. The van der Waals surface area contributed by atoms with Crippen LogP contribution in [0.2, 0.25) is 0 Å². The second-order valence-electron chi connectivity index (χ2n) is 5.36. The van der Waals surface area contributed by atoms with E-state index in [1.54, 1.807) is 0 Å². The molecular weight excluding hydrogens is 320 g/mol. The predicted molar refractivity (Wildman–Crippen MR) is 93.8 cm³/mol. The van der Waals surface area contributed by atoms with Crippen molar-refractivity contribution in [3.63, 3.8) is 0 Å². The Kier molecular flexibility index (Phi) is 5.33. The van der Waals surface area contributed by atoms with Gasteiger partial charge in [-0.1, -0.05) is 60.7 Å². The monoisotopic (exact) mass is 338 g/mol. The van der Waals surface area contributed by atoms with Crippen molar-refractivity contribution in [1.82, 2.24) is 4.57 Å². The van der Waals surface area contributed by atoms with E-state index in [4.69, 9.17) is 9.78 Å². The first kappa shape index (κ1) is 16.6. The first-order valence-corrected chi connectivity index (χ1v) is 7.74. The number of nitrogens with zero attached hydrogens (tertiary/aromatic N) is 2. The van der Waals surface area contributed by atoms with Crippen LogP contribution in [-0.2, 0) is 22.9 Å². The Morgan fingerprint density at radius 1 is 0.920 bits per heavy atom. The highest BCUT2D eigenvalue weighted by Gasteiger charge is 2.13. The first-order valence-electron chi connectivity index (χ1n) is 7.74. The van der Waals surface area contributed by atoms with Crippen molar-refractivity contribution < 1.29 is 20.0 Å². The quantitative estimate of drug-likeness (QED) is 0.226. The van der Waals surface area contributed by atoms with Crippen molar-refractivity contribution in [2.75, 3.05) is 0 Å². The van der Waals surface area contributed by atoms with Crippen LogP contribution in [0.4, 0.5) is 5.69 Å². The van der Waals surface area contributed by atoms with E-state index in [0.29, 0.717) is 6.54 Å². The number of hydrogen-bond acceptors (Lipinski definition) is 5. The lowest BCUT2D eigenvalue weighted by atomic mass is 10.2. The maximum atomic E-state index is 10.2. The van der Waals surface area contributed by atoms with Crippen molar-refractivity contribution in [2.45, 2.75) is 13.2 Å². The van der Waals surface area contributed by atoms with Gasteiger partial charge in [0.25, 0.3) is 0 Å². The summed E-state index contributed by atoms with van der Waals surface area (Å²) in [5.74, 6) is -0.233. The maximum absolute atomic E-state index is 10.2. The summed E-state index contributed by atoms with van der Waals surface area (Å²) in [6.07, 6.45) is 1.07. The van der Waals surface area contributed by atoms with Crippen molar-refractivity contribution in [2.24, 2.45) is 4.99 Å². The lowest BCUT2D eigenvalue weighted by Gasteiger charge is -2.06. The van der Waals surface area contributed by atoms with Gasteiger partial charge in [0.2, 0.25) is 12.3 Å². The van der Waals surface area contributed by atoms with Gasteiger partial charge >= 0.3 is 0 Å². The van der Waals surface area contributed by atoms with Crippen LogP contribution in [0.25, 0.3) is 0 Å². The normalized spacial score (nSPS) is 11.0. The number of hydrogen-bond donors (Lipinski definition) is 2. The molecule has 0 amide bonds. The average Bonchev–Trinajstić information content (AvgIpc) is 2.91. The molecule has 0 saturated heterocycles. The van der Waals surface area contributed by atoms with Crippen molar-refractivity contribution in [3.05, 3.63) is 77.9 Å². The zero-order valence-corrected chi connectivity index (χ0v) is 13.4. The summed E-state index contributed by atoms with van der Waals surface area (Å²) in [5, 5.41) is 20.2. The molecule has 6 heteroatoms. The van der Waals surface area contributed by atoms with Crippen LogP contribution < -0.4 is 0 Å². The fourth-order valence-electron chi connectivity index (χ4n) is 2.31. The summed E-state index contributed by atoms with van der Waals surface area (Å²) in [6.45, 7) is 0.610. The van der Waals surface area contributed by atoms with Crippen molar-refractivity contribution in [3.8, 4) is 11.8 Å². The molecule has 1 heterocycles. The second-order valence-corrected chi connectivity index (χ2v) is 5.36. The number of benzene rings is 2. The van der Waals surface area contributed by atoms with Gasteiger partial charge < -0.3 is 15.1 Å². The van der Waals surface area contributed by atoms with Gasteiger partial charge in [-0.15, -0.1) is 0 Å². The van der Waals surface area contributed by atoms with Gasteiger partial charge in [0, 0.05) is 6.07 Å². The molecule has 0 atom stereocenters. The molecule has 3 rings (SSSR count). The smallest absolute Gasteiger partial charge is 0.221 e. The lowest BCUT2D eigenvalue weighted by molar-refractivity contribution is -0.227. The molecule has 0 spiro atoms. The van der Waals surface area contributed by atoms with Crippen molar-refractivity contribution >= 4 is 12.1 Å². The van der Waals surface area contributed by atoms with Gasteiger partial charge in [-0.05, 0) is 11.1 Å². The highest BCUT2D eigenvalue weighted by molar-refractivity contribution is 5.61. The molecule has 2 N–H and O–H groups in total. The largest absolute Gasteiger partial charge is 0.494 e. The molecule has 0 bridgehead atoms. The molecule has 25 heavy (non-hydrogen) atoms. The van der Waals surface area contributed by atoms with E-state index in [2.05, 4.69) is 4.99 Å². The summed E-state index contributed by atoms with van der Waals surface area (Å²) in [6, 6.07) is 20.4. The molecule has 128 valence electrons. The highest BCUT2D eigenvalue weighted by atomic mass is 17.2. The summed E-state index contributed by atoms with van der Waals surface area (Å²) in [4.78, 5) is 13.8. The minimum atomic E-state index is -0.149. The van der Waals surface area contributed by atoms with Crippen LogP contribution >= 0.6 is 0 Å². The molecule has 3 aromatic rings. The lowest BCUT2D eigenvalue weighted by Crippen LogP contribution is -1.97. The van der Waals surface area contributed by atoms with Crippen LogP contribution in [0.1, 0.15) is 11.1 Å². The van der Waals surface area contributed by atoms with E-state index in [9.17, 15) is 10.2 Å². The third-order valence-corrected chi connectivity index (χ3v) is 3.58. The predicted octanol–water partition coefficient (Wildman–Crippen LogP) is 3.76. The first-order chi connectivity index (χ1) is 12.2. The van der Waals surface area contributed by atoms with Crippen LogP contribution in [0, 0.1) is 0 Å². The molecule has 1 aromatic heterocycles. The minimum absolute atomic E-state index is 0.0845. The van der Waals surface area contributed by atoms with Gasteiger partial charge in [0.05, 0.1) is 6.54 Å². The summed E-state index contributed by atoms with van der Waals surface area (Å²) in [7, 11) is 0. The molecule has 6 nitrogen and oxygen atoms in total. The Morgan fingerprint density at radius 2 is 1.56 bits per heavy atom. The van der Waals surface area contributed by atoms with E-state index in [1.165, 1.54) is 10.6 Å². The summed E-state index contributed by atoms with van der Waals surface area (Å²) >= 11 is 0. The number of aromatic hydroxyl groups is 2. The van der Waals surface area contributed by atoms with Crippen LogP contribution in [0.5, 0.6) is 11.8 Å². The Hall–Kier alpha value is -3.25. The van der Waals surface area contributed by atoms with E-state index in [1.807, 2.05) is 60.7 Å². The average molecular weight is 338 g/mol. The summed E-state index contributed by atoms with van der Waals surface area (Å²) in [5.41, 5.74) is 2.10. The van der Waals surface area contributed by atoms with E-state index in [-0.39, 0.29) is 24.1 Å². The Balaban J connectivity index is 1.58. The molecule has 0 radical (unpaired) electrons. The standard InChI is InChI=1S/C19H18N2O4/c22-18-11-17(19(23)21(18)12-15-7-3-1-4-8-15)20-14-25-24-13-16-9-5-2-6-10-16/h1-11,14,22-23H,12-13H2. The fourth-order valence-corrected chi connectivity index (χ4v) is 2.31. The molecule has 0 aliphatic carbocycles. The maximum Gasteiger partial charge on any atom is 0.221 e. The van der Waals surface area contributed by atoms with E-state index >= 15 is 0 Å². The van der Waals surface area contributed by atoms with Gasteiger partial charge in [0.1, 0.15) is 12.3 Å². The SMILES string of the molecule is Oc1cc(N=COOCc2ccccc2)c(O)n1Cc1ccccc1. The number of aliphatic imine (C=N–C) groups is 1.